The summed E-state index contributed by atoms with van der Waals surface area (Å²) in [5.41, 5.74) is 1.94. The Morgan fingerprint density at radius 3 is 1.90 bits per heavy atom. The normalized spacial score (nSPS) is 11.4. The minimum absolute atomic E-state index is 0.785. The van der Waals surface area contributed by atoms with Crippen molar-refractivity contribution in [1.82, 2.24) is 15.2 Å². The molecule has 0 amide bonds. The van der Waals surface area contributed by atoms with Crippen molar-refractivity contribution in [3.63, 3.8) is 0 Å². The van der Waals surface area contributed by atoms with Gasteiger partial charge in [0.25, 0.3) is 0 Å². The van der Waals surface area contributed by atoms with Crippen LogP contribution in [0.3, 0.4) is 0 Å². The lowest BCUT2D eigenvalue weighted by atomic mass is 10.2. The second-order valence-electron chi connectivity index (χ2n) is 5.28. The summed E-state index contributed by atoms with van der Waals surface area (Å²) in [5, 5.41) is 8.14. The predicted octanol–water partition coefficient (Wildman–Crippen LogP) is 3.47. The highest BCUT2D eigenvalue weighted by atomic mass is 16.5. The molecule has 5 nitrogen and oxygen atoms in total. The fraction of sp³-hybridized carbons (Fsp3) is 0.600. The number of hydrogen-bond donors (Lipinski definition) is 0. The van der Waals surface area contributed by atoms with E-state index in [2.05, 4.69) is 22.1 Å². The first kappa shape index (κ1) is 14.8. The summed E-state index contributed by atoms with van der Waals surface area (Å²) in [6.07, 6.45) is 3.65. The third-order valence-corrected chi connectivity index (χ3v) is 3.20. The van der Waals surface area contributed by atoms with Gasteiger partial charge in [0.15, 0.2) is 0 Å². The van der Waals surface area contributed by atoms with Crippen molar-refractivity contribution in [2.75, 3.05) is 6.54 Å². The van der Waals surface area contributed by atoms with Gasteiger partial charge < -0.3 is 9.05 Å². The summed E-state index contributed by atoms with van der Waals surface area (Å²) in [6, 6.07) is 3.97. The zero-order valence-corrected chi connectivity index (χ0v) is 12.6. The molecular formula is C15H23N3O2. The van der Waals surface area contributed by atoms with Gasteiger partial charge in [-0.25, -0.2) is 0 Å². The monoisotopic (exact) mass is 277 g/mol. The van der Waals surface area contributed by atoms with Crippen molar-refractivity contribution in [2.45, 2.75) is 53.1 Å². The van der Waals surface area contributed by atoms with E-state index in [-0.39, 0.29) is 0 Å². The lowest BCUT2D eigenvalue weighted by molar-refractivity contribution is 0.234. The first-order valence-electron chi connectivity index (χ1n) is 7.24. The molecule has 0 aromatic carbocycles. The highest BCUT2D eigenvalue weighted by Gasteiger charge is 2.12. The maximum absolute atomic E-state index is 5.13. The molecule has 0 saturated carbocycles. The molecule has 2 rings (SSSR count). The molecule has 110 valence electrons. The van der Waals surface area contributed by atoms with Gasteiger partial charge in [-0.15, -0.1) is 0 Å². The largest absolute Gasteiger partial charge is 0.361 e. The topological polar surface area (TPSA) is 55.3 Å². The summed E-state index contributed by atoms with van der Waals surface area (Å²) in [7, 11) is 0. The molecule has 20 heavy (non-hydrogen) atoms. The van der Waals surface area contributed by atoms with Crippen LogP contribution >= 0.6 is 0 Å². The highest BCUT2D eigenvalue weighted by Crippen LogP contribution is 2.12. The SMILES string of the molecule is CCCCCN(Cc1cc(C)on1)Cc1cc(C)on1. The Bertz CT molecular complexity index is 476. The average Bonchev–Trinajstić information content (AvgIpc) is 2.99. The third-order valence-electron chi connectivity index (χ3n) is 3.20. The van der Waals surface area contributed by atoms with E-state index < -0.39 is 0 Å². The van der Waals surface area contributed by atoms with Gasteiger partial charge in [0.1, 0.15) is 11.5 Å². The van der Waals surface area contributed by atoms with Crippen molar-refractivity contribution in [3.05, 3.63) is 35.0 Å². The van der Waals surface area contributed by atoms with Gasteiger partial charge in [-0.05, 0) is 26.8 Å². The molecule has 2 aromatic heterocycles. The molecule has 2 heterocycles. The van der Waals surface area contributed by atoms with E-state index in [1.165, 1.54) is 19.3 Å². The van der Waals surface area contributed by atoms with Crippen LogP contribution < -0.4 is 0 Å². The quantitative estimate of drug-likeness (QED) is 0.691. The fourth-order valence-electron chi connectivity index (χ4n) is 2.24. The standard InChI is InChI=1S/C15H23N3O2/c1-4-5-6-7-18(10-14-8-12(2)19-16-14)11-15-9-13(3)20-17-15/h8-9H,4-7,10-11H2,1-3H3. The van der Waals surface area contributed by atoms with E-state index in [0.717, 1.165) is 42.5 Å². The van der Waals surface area contributed by atoms with Crippen LogP contribution in [0.4, 0.5) is 0 Å². The van der Waals surface area contributed by atoms with Crippen molar-refractivity contribution in [2.24, 2.45) is 0 Å². The summed E-state index contributed by atoms with van der Waals surface area (Å²) >= 11 is 0. The second kappa shape index (κ2) is 7.24. The smallest absolute Gasteiger partial charge is 0.133 e. The van der Waals surface area contributed by atoms with Crippen molar-refractivity contribution >= 4 is 0 Å². The minimum Gasteiger partial charge on any atom is -0.361 e. The molecule has 0 fully saturated rings. The Morgan fingerprint density at radius 1 is 0.950 bits per heavy atom. The lowest BCUT2D eigenvalue weighted by Gasteiger charge is -2.19. The van der Waals surface area contributed by atoms with E-state index in [9.17, 15) is 0 Å². The van der Waals surface area contributed by atoms with Crippen LogP contribution in [0.5, 0.6) is 0 Å². The van der Waals surface area contributed by atoms with Gasteiger partial charge in [0, 0.05) is 25.2 Å². The van der Waals surface area contributed by atoms with Crippen molar-refractivity contribution in [3.8, 4) is 0 Å². The number of nitrogens with zero attached hydrogens (tertiary/aromatic N) is 3. The van der Waals surface area contributed by atoms with Gasteiger partial charge in [0.2, 0.25) is 0 Å². The molecule has 5 heteroatoms. The van der Waals surface area contributed by atoms with Crippen LogP contribution in [0.25, 0.3) is 0 Å². The molecular weight excluding hydrogens is 254 g/mol. The molecule has 2 aromatic rings. The molecule has 0 bridgehead atoms. The Morgan fingerprint density at radius 2 is 1.50 bits per heavy atom. The van der Waals surface area contributed by atoms with Gasteiger partial charge in [-0.3, -0.25) is 4.90 Å². The number of aryl methyl sites for hydroxylation is 2. The molecule has 0 aliphatic carbocycles. The number of unbranched alkanes of at least 4 members (excludes halogenated alkanes) is 2. The molecule has 0 aliphatic rings. The fourth-order valence-corrected chi connectivity index (χ4v) is 2.24. The molecule has 0 spiro atoms. The summed E-state index contributed by atoms with van der Waals surface area (Å²) < 4.78 is 10.3. The maximum Gasteiger partial charge on any atom is 0.133 e. The third kappa shape index (κ3) is 4.49. The summed E-state index contributed by atoms with van der Waals surface area (Å²) in [4.78, 5) is 2.34. The Labute approximate surface area is 119 Å². The molecule has 0 N–H and O–H groups in total. The van der Waals surface area contributed by atoms with Crippen molar-refractivity contribution in [1.29, 1.82) is 0 Å². The number of aromatic nitrogens is 2. The summed E-state index contributed by atoms with van der Waals surface area (Å²) in [5.74, 6) is 1.71. The molecule has 0 saturated heterocycles. The van der Waals surface area contributed by atoms with E-state index in [1.54, 1.807) is 0 Å². The Kier molecular flexibility index (Phi) is 5.35. The zero-order chi connectivity index (χ0) is 14.4. The molecule has 0 aliphatic heterocycles. The molecule has 0 radical (unpaired) electrons. The number of rotatable bonds is 8. The van der Waals surface area contributed by atoms with Gasteiger partial charge in [-0.1, -0.05) is 30.1 Å². The first-order valence-corrected chi connectivity index (χ1v) is 7.24. The summed E-state index contributed by atoms with van der Waals surface area (Å²) in [6.45, 7) is 8.65. The van der Waals surface area contributed by atoms with Gasteiger partial charge in [0.05, 0.1) is 11.4 Å². The average molecular weight is 277 g/mol. The first-order chi connectivity index (χ1) is 9.67. The van der Waals surface area contributed by atoms with Crippen LogP contribution in [0.1, 0.15) is 49.1 Å². The van der Waals surface area contributed by atoms with Crippen molar-refractivity contribution < 1.29 is 9.05 Å². The van der Waals surface area contributed by atoms with Crippen LogP contribution in [-0.2, 0) is 13.1 Å². The van der Waals surface area contributed by atoms with Crippen LogP contribution in [0, 0.1) is 13.8 Å². The van der Waals surface area contributed by atoms with Crippen LogP contribution in [0.2, 0.25) is 0 Å². The predicted molar refractivity (Wildman–Crippen MR) is 76.1 cm³/mol. The molecule has 0 unspecified atom stereocenters. The Hall–Kier alpha value is -1.62. The van der Waals surface area contributed by atoms with E-state index in [0.29, 0.717) is 0 Å². The number of hydrogen-bond acceptors (Lipinski definition) is 5. The highest BCUT2D eigenvalue weighted by molar-refractivity contribution is 5.06. The molecule has 0 atom stereocenters. The van der Waals surface area contributed by atoms with E-state index >= 15 is 0 Å². The second-order valence-corrected chi connectivity index (χ2v) is 5.28. The van der Waals surface area contributed by atoms with Crippen LogP contribution in [0.15, 0.2) is 21.2 Å². The lowest BCUT2D eigenvalue weighted by Crippen LogP contribution is -2.24. The minimum atomic E-state index is 0.785. The maximum atomic E-state index is 5.13. The van der Waals surface area contributed by atoms with Gasteiger partial charge >= 0.3 is 0 Å². The zero-order valence-electron chi connectivity index (χ0n) is 12.6. The van der Waals surface area contributed by atoms with Crippen LogP contribution in [-0.4, -0.2) is 21.8 Å². The van der Waals surface area contributed by atoms with E-state index in [1.807, 2.05) is 26.0 Å². The van der Waals surface area contributed by atoms with E-state index in [4.69, 9.17) is 9.05 Å². The van der Waals surface area contributed by atoms with Gasteiger partial charge in [-0.2, -0.15) is 0 Å². The Balaban J connectivity index is 1.96.